The van der Waals surface area contributed by atoms with E-state index in [-0.39, 0.29) is 11.3 Å². The predicted octanol–water partition coefficient (Wildman–Crippen LogP) is 3.65. The molecule has 2 aromatic rings. The second kappa shape index (κ2) is 4.93. The number of rotatable bonds is 2. The van der Waals surface area contributed by atoms with Crippen LogP contribution < -0.4 is 4.74 Å². The molecule has 0 aliphatic rings. The van der Waals surface area contributed by atoms with Crippen LogP contribution in [-0.2, 0) is 0 Å². The second-order valence-electron chi connectivity index (χ2n) is 3.17. The SMILES string of the molecule is N#Cc1c(F)cccc1Oc1cncc(Br)c1. The zero-order valence-corrected chi connectivity index (χ0v) is 10.1. The van der Waals surface area contributed by atoms with Gasteiger partial charge in [-0.25, -0.2) is 4.39 Å². The molecular formula is C12H6BrFN2O. The Morgan fingerprint density at radius 3 is 2.88 bits per heavy atom. The highest BCUT2D eigenvalue weighted by molar-refractivity contribution is 9.10. The summed E-state index contributed by atoms with van der Waals surface area (Å²) in [6, 6.07) is 7.67. The van der Waals surface area contributed by atoms with E-state index < -0.39 is 5.82 Å². The summed E-state index contributed by atoms with van der Waals surface area (Å²) in [7, 11) is 0. The number of halogens is 2. The van der Waals surface area contributed by atoms with Gasteiger partial charge >= 0.3 is 0 Å². The van der Waals surface area contributed by atoms with E-state index in [1.165, 1.54) is 24.4 Å². The van der Waals surface area contributed by atoms with Crippen molar-refractivity contribution in [1.29, 1.82) is 5.26 Å². The van der Waals surface area contributed by atoms with E-state index in [1.807, 2.05) is 0 Å². The Hall–Kier alpha value is -1.93. The van der Waals surface area contributed by atoms with Gasteiger partial charge in [0.25, 0.3) is 0 Å². The Labute approximate surface area is 106 Å². The molecule has 0 atom stereocenters. The molecule has 5 heteroatoms. The first kappa shape index (κ1) is 11.6. The number of hydrogen-bond donors (Lipinski definition) is 0. The van der Waals surface area contributed by atoms with Crippen LogP contribution in [0, 0.1) is 17.1 Å². The van der Waals surface area contributed by atoms with E-state index in [9.17, 15) is 4.39 Å². The monoisotopic (exact) mass is 292 g/mol. The average Bonchev–Trinajstić information content (AvgIpc) is 2.29. The van der Waals surface area contributed by atoms with Gasteiger partial charge < -0.3 is 4.74 Å². The van der Waals surface area contributed by atoms with Gasteiger partial charge in [0, 0.05) is 10.7 Å². The van der Waals surface area contributed by atoms with Crippen molar-refractivity contribution in [2.45, 2.75) is 0 Å². The quantitative estimate of drug-likeness (QED) is 0.849. The van der Waals surface area contributed by atoms with Gasteiger partial charge in [-0.05, 0) is 34.1 Å². The molecular weight excluding hydrogens is 287 g/mol. The first-order valence-corrected chi connectivity index (χ1v) is 5.47. The minimum absolute atomic E-state index is 0.118. The Bertz CT molecular complexity index is 595. The lowest BCUT2D eigenvalue weighted by molar-refractivity contribution is 0.472. The number of hydrogen-bond acceptors (Lipinski definition) is 3. The average molecular weight is 293 g/mol. The zero-order valence-electron chi connectivity index (χ0n) is 8.52. The summed E-state index contributed by atoms with van der Waals surface area (Å²) in [6.07, 6.45) is 3.08. The second-order valence-corrected chi connectivity index (χ2v) is 4.08. The van der Waals surface area contributed by atoms with Crippen molar-refractivity contribution < 1.29 is 9.13 Å². The first-order chi connectivity index (χ1) is 8.20. The molecule has 1 heterocycles. The molecule has 1 aromatic heterocycles. The maximum absolute atomic E-state index is 13.3. The minimum Gasteiger partial charge on any atom is -0.454 e. The van der Waals surface area contributed by atoms with Crippen molar-refractivity contribution in [3.05, 3.63) is 52.5 Å². The lowest BCUT2D eigenvalue weighted by Gasteiger charge is -2.07. The molecule has 1 aromatic carbocycles. The van der Waals surface area contributed by atoms with Crippen LogP contribution in [0.3, 0.4) is 0 Å². The molecule has 0 aliphatic carbocycles. The van der Waals surface area contributed by atoms with E-state index in [2.05, 4.69) is 20.9 Å². The van der Waals surface area contributed by atoms with E-state index in [0.29, 0.717) is 5.75 Å². The molecule has 3 nitrogen and oxygen atoms in total. The molecule has 0 bridgehead atoms. The molecule has 0 unspecified atom stereocenters. The van der Waals surface area contributed by atoms with Crippen LogP contribution in [0.5, 0.6) is 11.5 Å². The number of pyridine rings is 1. The molecule has 0 amide bonds. The van der Waals surface area contributed by atoms with Gasteiger partial charge in [-0.1, -0.05) is 6.07 Å². The van der Waals surface area contributed by atoms with Gasteiger partial charge in [-0.3, -0.25) is 4.98 Å². The fourth-order valence-electron chi connectivity index (χ4n) is 1.27. The Kier molecular flexibility index (Phi) is 3.35. The Balaban J connectivity index is 2.37. The van der Waals surface area contributed by atoms with Crippen LogP contribution in [-0.4, -0.2) is 4.98 Å². The number of nitrogens with zero attached hydrogens (tertiary/aromatic N) is 2. The van der Waals surface area contributed by atoms with Crippen molar-refractivity contribution in [2.24, 2.45) is 0 Å². The molecule has 2 rings (SSSR count). The van der Waals surface area contributed by atoms with E-state index in [0.717, 1.165) is 4.47 Å². The highest BCUT2D eigenvalue weighted by Gasteiger charge is 2.09. The van der Waals surface area contributed by atoms with Gasteiger partial charge in [0.2, 0.25) is 0 Å². The summed E-state index contributed by atoms with van der Waals surface area (Å²) in [6.45, 7) is 0. The lowest BCUT2D eigenvalue weighted by Crippen LogP contribution is -1.91. The Morgan fingerprint density at radius 1 is 1.35 bits per heavy atom. The largest absolute Gasteiger partial charge is 0.454 e. The molecule has 0 spiro atoms. The highest BCUT2D eigenvalue weighted by atomic mass is 79.9. The Morgan fingerprint density at radius 2 is 2.18 bits per heavy atom. The maximum Gasteiger partial charge on any atom is 0.148 e. The summed E-state index contributed by atoms with van der Waals surface area (Å²) in [5.74, 6) is 0.00170. The molecule has 0 fully saturated rings. The van der Waals surface area contributed by atoms with E-state index >= 15 is 0 Å². The van der Waals surface area contributed by atoms with Gasteiger partial charge in [-0.15, -0.1) is 0 Å². The van der Waals surface area contributed by atoms with Gasteiger partial charge in [-0.2, -0.15) is 5.26 Å². The normalized spacial score (nSPS) is 9.71. The molecule has 84 valence electrons. The lowest BCUT2D eigenvalue weighted by atomic mass is 10.2. The summed E-state index contributed by atoms with van der Waals surface area (Å²) in [5.41, 5.74) is -0.118. The summed E-state index contributed by atoms with van der Waals surface area (Å²) in [5, 5.41) is 8.84. The molecule has 0 saturated carbocycles. The van der Waals surface area contributed by atoms with Crippen LogP contribution in [0.15, 0.2) is 41.1 Å². The molecule has 0 N–H and O–H groups in total. The smallest absolute Gasteiger partial charge is 0.148 e. The van der Waals surface area contributed by atoms with E-state index in [1.54, 1.807) is 18.3 Å². The molecule has 0 radical (unpaired) electrons. The fraction of sp³-hybridized carbons (Fsp3) is 0. The highest BCUT2D eigenvalue weighted by Crippen LogP contribution is 2.27. The number of benzene rings is 1. The van der Waals surface area contributed by atoms with Crippen molar-refractivity contribution in [3.8, 4) is 17.6 Å². The van der Waals surface area contributed by atoms with Crippen LogP contribution in [0.1, 0.15) is 5.56 Å². The number of aromatic nitrogens is 1. The number of nitriles is 1. The fourth-order valence-corrected chi connectivity index (χ4v) is 1.62. The number of ether oxygens (including phenoxy) is 1. The summed E-state index contributed by atoms with van der Waals surface area (Å²) in [4.78, 5) is 3.91. The van der Waals surface area contributed by atoms with Gasteiger partial charge in [0.15, 0.2) is 0 Å². The molecule has 0 aliphatic heterocycles. The first-order valence-electron chi connectivity index (χ1n) is 4.67. The molecule has 0 saturated heterocycles. The topological polar surface area (TPSA) is 45.9 Å². The van der Waals surface area contributed by atoms with Crippen LogP contribution >= 0.6 is 15.9 Å². The van der Waals surface area contributed by atoms with Crippen molar-refractivity contribution >= 4 is 15.9 Å². The molecule has 17 heavy (non-hydrogen) atoms. The van der Waals surface area contributed by atoms with Crippen molar-refractivity contribution in [1.82, 2.24) is 4.98 Å². The predicted molar refractivity (Wildman–Crippen MR) is 63.1 cm³/mol. The summed E-state index contributed by atoms with van der Waals surface area (Å²) >= 11 is 3.24. The van der Waals surface area contributed by atoms with Crippen LogP contribution in [0.4, 0.5) is 4.39 Å². The van der Waals surface area contributed by atoms with Crippen LogP contribution in [0.25, 0.3) is 0 Å². The third-order valence-electron chi connectivity index (χ3n) is 1.99. The van der Waals surface area contributed by atoms with Crippen molar-refractivity contribution in [3.63, 3.8) is 0 Å². The van der Waals surface area contributed by atoms with E-state index in [4.69, 9.17) is 10.00 Å². The third kappa shape index (κ3) is 2.60. The van der Waals surface area contributed by atoms with Crippen LogP contribution in [0.2, 0.25) is 0 Å². The standard InChI is InChI=1S/C12H6BrFN2O/c13-8-4-9(7-16-6-8)17-12-3-1-2-11(14)10(12)5-15/h1-4,6-7H. The zero-order chi connectivity index (χ0) is 12.3. The van der Waals surface area contributed by atoms with Gasteiger partial charge in [0.1, 0.15) is 28.9 Å². The maximum atomic E-state index is 13.3. The minimum atomic E-state index is -0.604. The van der Waals surface area contributed by atoms with Gasteiger partial charge in [0.05, 0.1) is 6.20 Å². The third-order valence-corrected chi connectivity index (χ3v) is 2.43. The summed E-state index contributed by atoms with van der Waals surface area (Å²) < 4.78 is 19.5. The van der Waals surface area contributed by atoms with Crippen molar-refractivity contribution in [2.75, 3.05) is 0 Å².